The van der Waals surface area contributed by atoms with Gasteiger partial charge in [0, 0.05) is 30.4 Å². The normalized spacial score (nSPS) is 12.4. The van der Waals surface area contributed by atoms with Gasteiger partial charge in [0.2, 0.25) is 0 Å². The van der Waals surface area contributed by atoms with Crippen molar-refractivity contribution in [3.05, 3.63) is 18.5 Å². The minimum Gasteiger partial charge on any atom is -0.469 e. The zero-order valence-electron chi connectivity index (χ0n) is 9.05. The zero-order chi connectivity index (χ0) is 11.1. The molecule has 1 heterocycles. The Kier molecular flexibility index (Phi) is 5.25. The van der Waals surface area contributed by atoms with Crippen LogP contribution in [-0.2, 0) is 16.1 Å². The molecule has 5 heteroatoms. The van der Waals surface area contributed by atoms with Crippen LogP contribution >= 0.6 is 11.8 Å². The van der Waals surface area contributed by atoms with Crippen molar-refractivity contribution < 1.29 is 9.53 Å². The Morgan fingerprint density at radius 1 is 1.67 bits per heavy atom. The third-order valence-electron chi connectivity index (χ3n) is 2.00. The monoisotopic (exact) mass is 228 g/mol. The summed E-state index contributed by atoms with van der Waals surface area (Å²) >= 11 is 1.74. The minimum absolute atomic E-state index is 0.0300. The molecule has 0 saturated heterocycles. The highest BCUT2D eigenvalue weighted by atomic mass is 32.2. The number of hydrogen-bond donors (Lipinski definition) is 0. The van der Waals surface area contributed by atoms with Gasteiger partial charge in [-0.2, -0.15) is 16.9 Å². The van der Waals surface area contributed by atoms with Gasteiger partial charge in [0.15, 0.2) is 0 Å². The van der Waals surface area contributed by atoms with E-state index in [1.807, 2.05) is 23.9 Å². The molecule has 0 aliphatic heterocycles. The summed E-state index contributed by atoms with van der Waals surface area (Å²) in [5.74, 6) is 1.59. The Labute approximate surface area is 94.0 Å². The van der Waals surface area contributed by atoms with Gasteiger partial charge >= 0.3 is 5.97 Å². The molecule has 0 radical (unpaired) electrons. The summed E-state index contributed by atoms with van der Waals surface area (Å²) in [6.45, 7) is 2.76. The maximum atomic E-state index is 11.1. The molecule has 1 unspecified atom stereocenters. The van der Waals surface area contributed by atoms with Crippen molar-refractivity contribution in [1.29, 1.82) is 0 Å². The predicted octanol–water partition coefficient (Wildman–Crippen LogP) is 1.43. The maximum Gasteiger partial charge on any atom is 0.309 e. The number of thioether (sulfide) groups is 1. The number of aryl methyl sites for hydroxylation is 1. The Bertz CT molecular complexity index is 288. The Morgan fingerprint density at radius 3 is 3.07 bits per heavy atom. The number of nitrogens with zero attached hydrogens (tertiary/aromatic N) is 2. The molecule has 1 rings (SSSR count). The van der Waals surface area contributed by atoms with Gasteiger partial charge in [-0.15, -0.1) is 0 Å². The first-order valence-electron chi connectivity index (χ1n) is 4.87. The molecular formula is C10H16N2O2S. The van der Waals surface area contributed by atoms with E-state index in [4.69, 9.17) is 0 Å². The molecular weight excluding hydrogens is 212 g/mol. The van der Waals surface area contributed by atoms with Crippen molar-refractivity contribution in [2.75, 3.05) is 18.6 Å². The lowest BCUT2D eigenvalue weighted by atomic mass is 10.2. The summed E-state index contributed by atoms with van der Waals surface area (Å²) in [6, 6.07) is 1.90. The van der Waals surface area contributed by atoms with Gasteiger partial charge in [-0.1, -0.05) is 6.92 Å². The summed E-state index contributed by atoms with van der Waals surface area (Å²) in [6.07, 6.45) is 3.70. The van der Waals surface area contributed by atoms with Crippen molar-refractivity contribution in [2.45, 2.75) is 13.5 Å². The first kappa shape index (κ1) is 12.1. The molecule has 0 bridgehead atoms. The number of carbonyl (C=O) groups is 1. The number of esters is 1. The molecule has 0 aromatic carbocycles. The van der Waals surface area contributed by atoms with Gasteiger partial charge in [0.05, 0.1) is 13.0 Å². The molecule has 0 aliphatic carbocycles. The van der Waals surface area contributed by atoms with Gasteiger partial charge in [-0.25, -0.2) is 0 Å². The Balaban J connectivity index is 2.09. The SMILES string of the molecule is COC(=O)C(C)CSCCn1cccn1. The molecule has 0 saturated carbocycles. The van der Waals surface area contributed by atoms with Crippen LogP contribution in [-0.4, -0.2) is 34.4 Å². The van der Waals surface area contributed by atoms with Crippen molar-refractivity contribution in [3.8, 4) is 0 Å². The average Bonchev–Trinajstić information content (AvgIpc) is 2.75. The van der Waals surface area contributed by atoms with Crippen molar-refractivity contribution in [2.24, 2.45) is 5.92 Å². The lowest BCUT2D eigenvalue weighted by molar-refractivity contribution is -0.143. The molecule has 1 aromatic heterocycles. The quantitative estimate of drug-likeness (QED) is 0.545. The van der Waals surface area contributed by atoms with Crippen molar-refractivity contribution >= 4 is 17.7 Å². The van der Waals surface area contributed by atoms with Crippen molar-refractivity contribution in [1.82, 2.24) is 9.78 Å². The van der Waals surface area contributed by atoms with Gasteiger partial charge in [-0.3, -0.25) is 9.48 Å². The number of ether oxygens (including phenoxy) is 1. The van der Waals surface area contributed by atoms with E-state index in [9.17, 15) is 4.79 Å². The van der Waals surface area contributed by atoms with Crippen LogP contribution in [0.1, 0.15) is 6.92 Å². The standard InChI is InChI=1S/C10H16N2O2S/c1-9(10(13)14-2)8-15-7-6-12-5-3-4-11-12/h3-5,9H,6-8H2,1-2H3. The van der Waals surface area contributed by atoms with Gasteiger partial charge in [0.25, 0.3) is 0 Å². The molecule has 1 aromatic rings. The Hall–Kier alpha value is -0.970. The van der Waals surface area contributed by atoms with Crippen LogP contribution in [0.5, 0.6) is 0 Å². The highest BCUT2D eigenvalue weighted by molar-refractivity contribution is 7.99. The predicted molar refractivity (Wildman–Crippen MR) is 60.7 cm³/mol. The van der Waals surface area contributed by atoms with E-state index in [-0.39, 0.29) is 11.9 Å². The second-order valence-corrected chi connectivity index (χ2v) is 4.42. The van der Waals surface area contributed by atoms with Crippen LogP contribution < -0.4 is 0 Å². The van der Waals surface area contributed by atoms with Crippen molar-refractivity contribution in [3.63, 3.8) is 0 Å². The van der Waals surface area contributed by atoms with E-state index in [0.717, 1.165) is 18.1 Å². The number of carbonyl (C=O) groups excluding carboxylic acids is 1. The van der Waals surface area contributed by atoms with Crippen LogP contribution in [0, 0.1) is 5.92 Å². The van der Waals surface area contributed by atoms with E-state index in [2.05, 4.69) is 9.84 Å². The molecule has 0 aliphatic rings. The topological polar surface area (TPSA) is 44.1 Å². The fourth-order valence-corrected chi connectivity index (χ4v) is 2.09. The third kappa shape index (κ3) is 4.38. The second-order valence-electron chi connectivity index (χ2n) is 3.27. The molecule has 1 atom stereocenters. The fraction of sp³-hybridized carbons (Fsp3) is 0.600. The smallest absolute Gasteiger partial charge is 0.309 e. The highest BCUT2D eigenvalue weighted by Crippen LogP contribution is 2.09. The second kappa shape index (κ2) is 6.50. The first-order chi connectivity index (χ1) is 7.24. The lowest BCUT2D eigenvalue weighted by Gasteiger charge is -2.08. The van der Waals surface area contributed by atoms with E-state index < -0.39 is 0 Å². The van der Waals surface area contributed by atoms with Crippen LogP contribution in [0.25, 0.3) is 0 Å². The molecule has 0 spiro atoms. The van der Waals surface area contributed by atoms with Crippen LogP contribution in [0.3, 0.4) is 0 Å². The fourth-order valence-electron chi connectivity index (χ4n) is 1.12. The zero-order valence-corrected chi connectivity index (χ0v) is 9.87. The van der Waals surface area contributed by atoms with E-state index in [1.54, 1.807) is 18.0 Å². The summed E-state index contributed by atoms with van der Waals surface area (Å²) in [7, 11) is 1.42. The average molecular weight is 228 g/mol. The van der Waals surface area contributed by atoms with Crippen LogP contribution in [0.15, 0.2) is 18.5 Å². The Morgan fingerprint density at radius 2 is 2.47 bits per heavy atom. The minimum atomic E-state index is -0.137. The van der Waals surface area contributed by atoms with E-state index in [1.165, 1.54) is 7.11 Å². The van der Waals surface area contributed by atoms with Gasteiger partial charge < -0.3 is 4.74 Å². The number of aromatic nitrogens is 2. The van der Waals surface area contributed by atoms with Crippen LogP contribution in [0.4, 0.5) is 0 Å². The number of rotatable bonds is 6. The molecule has 4 nitrogen and oxygen atoms in total. The number of hydrogen-bond acceptors (Lipinski definition) is 4. The maximum absolute atomic E-state index is 11.1. The number of methoxy groups -OCH3 is 1. The van der Waals surface area contributed by atoms with E-state index in [0.29, 0.717) is 0 Å². The van der Waals surface area contributed by atoms with Crippen LogP contribution in [0.2, 0.25) is 0 Å². The summed E-state index contributed by atoms with van der Waals surface area (Å²) in [4.78, 5) is 11.1. The summed E-state index contributed by atoms with van der Waals surface area (Å²) in [5, 5.41) is 4.10. The molecule has 0 fully saturated rings. The van der Waals surface area contributed by atoms with E-state index >= 15 is 0 Å². The molecule has 0 amide bonds. The summed E-state index contributed by atoms with van der Waals surface area (Å²) < 4.78 is 6.53. The third-order valence-corrected chi connectivity index (χ3v) is 3.20. The largest absolute Gasteiger partial charge is 0.469 e. The summed E-state index contributed by atoms with van der Waals surface area (Å²) in [5.41, 5.74) is 0. The van der Waals surface area contributed by atoms with Gasteiger partial charge in [-0.05, 0) is 6.07 Å². The van der Waals surface area contributed by atoms with Gasteiger partial charge in [0.1, 0.15) is 0 Å². The molecule has 0 N–H and O–H groups in total. The molecule has 15 heavy (non-hydrogen) atoms. The molecule has 84 valence electrons. The highest BCUT2D eigenvalue weighted by Gasteiger charge is 2.12. The first-order valence-corrected chi connectivity index (χ1v) is 6.02. The lowest BCUT2D eigenvalue weighted by Crippen LogP contribution is -2.15.